The van der Waals surface area contributed by atoms with Gasteiger partial charge in [0.15, 0.2) is 0 Å². The fourth-order valence-corrected chi connectivity index (χ4v) is 8.15. The summed E-state index contributed by atoms with van der Waals surface area (Å²) >= 11 is 0. The molecule has 0 heterocycles. The lowest BCUT2D eigenvalue weighted by Gasteiger charge is -2.24. The predicted molar refractivity (Wildman–Crippen MR) is 287 cm³/mol. The summed E-state index contributed by atoms with van der Waals surface area (Å²) in [5.74, 6) is -0.537. The van der Waals surface area contributed by atoms with Crippen molar-refractivity contribution in [3.05, 3.63) is 85.1 Å². The van der Waals surface area contributed by atoms with Crippen LogP contribution in [0.15, 0.2) is 85.1 Å². The Morgan fingerprint density at radius 1 is 0.455 bits per heavy atom. The first-order valence-corrected chi connectivity index (χ1v) is 27.9. The molecule has 0 aromatic carbocycles. The Kier molecular flexibility index (Phi) is 50.6. The molecule has 66 heavy (non-hydrogen) atoms. The summed E-state index contributed by atoms with van der Waals surface area (Å²) in [6.07, 6.45) is 69.3. The average molecular weight is 921 g/mol. The fraction of sp³-hybridized carbons (Fsp3) is 0.733. The third kappa shape index (κ3) is 47.5. The maximum Gasteiger partial charge on any atom is 0.306 e. The van der Waals surface area contributed by atoms with Crippen LogP contribution in [0.1, 0.15) is 258 Å². The SMILES string of the molecule is CC/C=C/C=C/C=C/C=C\CCCCCC(CC(=O)NC(CO)C(O)CCCCCCCCCCCCCCCCCC)OC(=O)CCCCCCC/C=C/C=C/C=C/CCCCCCC. The van der Waals surface area contributed by atoms with Crippen LogP contribution in [-0.2, 0) is 14.3 Å². The molecule has 0 radical (unpaired) electrons. The maximum absolute atomic E-state index is 13.2. The van der Waals surface area contributed by atoms with Gasteiger partial charge in [-0.25, -0.2) is 0 Å². The minimum absolute atomic E-state index is 0.0395. The van der Waals surface area contributed by atoms with Gasteiger partial charge in [0.05, 0.1) is 25.2 Å². The van der Waals surface area contributed by atoms with E-state index in [1.165, 1.54) is 116 Å². The number of hydrogen-bond donors (Lipinski definition) is 3. The van der Waals surface area contributed by atoms with Crippen LogP contribution in [0.2, 0.25) is 0 Å². The minimum atomic E-state index is -0.807. The van der Waals surface area contributed by atoms with E-state index in [9.17, 15) is 19.8 Å². The topological polar surface area (TPSA) is 95.9 Å². The van der Waals surface area contributed by atoms with Crippen molar-refractivity contribution < 1.29 is 24.5 Å². The third-order valence-electron chi connectivity index (χ3n) is 12.4. The molecule has 0 bridgehead atoms. The minimum Gasteiger partial charge on any atom is -0.462 e. The number of hydrogen-bond acceptors (Lipinski definition) is 5. The Morgan fingerprint density at radius 3 is 1.26 bits per heavy atom. The molecule has 0 rings (SSSR count). The molecule has 0 saturated carbocycles. The molecule has 0 aromatic rings. The van der Waals surface area contributed by atoms with Crippen LogP contribution in [0.3, 0.4) is 0 Å². The molecule has 3 atom stereocenters. The Bertz CT molecular complexity index is 1260. The van der Waals surface area contributed by atoms with Crippen molar-refractivity contribution in [1.82, 2.24) is 5.32 Å². The highest BCUT2D eigenvalue weighted by Gasteiger charge is 2.24. The molecule has 1 amide bonds. The molecule has 0 spiro atoms. The van der Waals surface area contributed by atoms with E-state index < -0.39 is 18.2 Å². The zero-order valence-electron chi connectivity index (χ0n) is 43.3. The number of rotatable bonds is 49. The second kappa shape index (κ2) is 53.0. The van der Waals surface area contributed by atoms with E-state index in [0.717, 1.165) is 96.3 Å². The van der Waals surface area contributed by atoms with Crippen molar-refractivity contribution >= 4 is 11.9 Å². The van der Waals surface area contributed by atoms with Crippen molar-refractivity contribution in [3.63, 3.8) is 0 Å². The van der Waals surface area contributed by atoms with Gasteiger partial charge in [-0.1, -0.05) is 260 Å². The highest BCUT2D eigenvalue weighted by molar-refractivity contribution is 5.77. The van der Waals surface area contributed by atoms with Crippen LogP contribution in [0.4, 0.5) is 0 Å². The summed E-state index contributed by atoms with van der Waals surface area (Å²) < 4.78 is 5.92. The summed E-state index contributed by atoms with van der Waals surface area (Å²) in [5.41, 5.74) is 0. The summed E-state index contributed by atoms with van der Waals surface area (Å²) in [7, 11) is 0. The standard InChI is InChI=1S/C60H105NO5/c1-4-7-10-13-16-19-22-25-27-29-30-32-35-38-41-44-47-50-53-60(65)66-56(51-48-45-42-39-36-33-24-21-18-15-12-9-6-3)54-59(64)61-57(55-62)58(63)52-49-46-43-40-37-34-31-28-26-23-20-17-14-11-8-5-2/h9,12,15,18,21-22,24-25,27,29-30,32-33,36,56-58,62-63H,4-8,10-11,13-14,16-17,19-20,23,26,28,31,34-35,37-55H2,1-3H3,(H,61,64)/b12-9+,18-15+,24-21+,25-22+,29-27+,32-30+,36-33-. The second-order valence-corrected chi connectivity index (χ2v) is 18.8. The monoisotopic (exact) mass is 920 g/mol. The molecular formula is C60H105NO5. The van der Waals surface area contributed by atoms with Gasteiger partial charge in [0.2, 0.25) is 5.91 Å². The summed E-state index contributed by atoms with van der Waals surface area (Å²) in [4.78, 5) is 26.2. The Balaban J connectivity index is 4.62. The van der Waals surface area contributed by atoms with Gasteiger partial charge < -0.3 is 20.3 Å². The van der Waals surface area contributed by atoms with Crippen LogP contribution >= 0.6 is 0 Å². The van der Waals surface area contributed by atoms with Gasteiger partial charge in [0.25, 0.3) is 0 Å². The summed E-state index contributed by atoms with van der Waals surface area (Å²) in [5, 5.41) is 23.8. The Hall–Kier alpha value is -2.96. The van der Waals surface area contributed by atoms with Crippen LogP contribution in [-0.4, -0.2) is 46.9 Å². The first kappa shape index (κ1) is 63.0. The number of aliphatic hydroxyl groups is 2. The zero-order valence-corrected chi connectivity index (χ0v) is 43.3. The predicted octanol–water partition coefficient (Wildman–Crippen LogP) is 17.1. The van der Waals surface area contributed by atoms with E-state index in [2.05, 4.69) is 86.8 Å². The lowest BCUT2D eigenvalue weighted by Crippen LogP contribution is -2.46. The summed E-state index contributed by atoms with van der Waals surface area (Å²) in [6, 6.07) is -0.724. The molecule has 3 N–H and O–H groups in total. The van der Waals surface area contributed by atoms with Crippen LogP contribution in [0.25, 0.3) is 0 Å². The number of carbonyl (C=O) groups excluding carboxylic acids is 2. The van der Waals surface area contributed by atoms with E-state index in [1.807, 2.05) is 24.3 Å². The van der Waals surface area contributed by atoms with Crippen molar-refractivity contribution in [2.24, 2.45) is 0 Å². The highest BCUT2D eigenvalue weighted by atomic mass is 16.5. The van der Waals surface area contributed by atoms with Gasteiger partial charge in [-0.05, 0) is 70.6 Å². The molecule has 0 aromatic heterocycles. The van der Waals surface area contributed by atoms with Crippen molar-refractivity contribution in [1.29, 1.82) is 0 Å². The largest absolute Gasteiger partial charge is 0.462 e. The van der Waals surface area contributed by atoms with E-state index >= 15 is 0 Å². The maximum atomic E-state index is 13.2. The normalized spacial score (nSPS) is 13.8. The van der Waals surface area contributed by atoms with Crippen LogP contribution < -0.4 is 5.32 Å². The fourth-order valence-electron chi connectivity index (χ4n) is 8.15. The van der Waals surface area contributed by atoms with Gasteiger partial charge >= 0.3 is 5.97 Å². The van der Waals surface area contributed by atoms with E-state index in [1.54, 1.807) is 0 Å². The molecule has 380 valence electrons. The Morgan fingerprint density at radius 2 is 0.818 bits per heavy atom. The molecule has 0 aliphatic heterocycles. The first-order valence-electron chi connectivity index (χ1n) is 27.9. The van der Waals surface area contributed by atoms with Gasteiger partial charge in [-0.3, -0.25) is 9.59 Å². The molecule has 0 fully saturated rings. The average Bonchev–Trinajstić information content (AvgIpc) is 3.31. The first-order chi connectivity index (χ1) is 32.5. The number of nitrogens with one attached hydrogen (secondary N) is 1. The van der Waals surface area contributed by atoms with E-state index in [4.69, 9.17) is 4.74 Å². The number of amides is 1. The van der Waals surface area contributed by atoms with Crippen LogP contribution in [0, 0.1) is 0 Å². The highest BCUT2D eigenvalue weighted by Crippen LogP contribution is 2.18. The van der Waals surface area contributed by atoms with Crippen LogP contribution in [0.5, 0.6) is 0 Å². The molecule has 6 nitrogen and oxygen atoms in total. The number of allylic oxidation sites excluding steroid dienone is 14. The van der Waals surface area contributed by atoms with Gasteiger partial charge in [0.1, 0.15) is 6.10 Å². The number of ether oxygens (including phenoxy) is 1. The number of esters is 1. The van der Waals surface area contributed by atoms with Crippen molar-refractivity contribution in [3.8, 4) is 0 Å². The quantitative estimate of drug-likeness (QED) is 0.0321. The number of aliphatic hydroxyl groups excluding tert-OH is 2. The third-order valence-corrected chi connectivity index (χ3v) is 12.4. The number of carbonyl (C=O) groups is 2. The van der Waals surface area contributed by atoms with Gasteiger partial charge in [0, 0.05) is 6.42 Å². The number of unbranched alkanes of at least 4 members (excludes halogenated alkanes) is 28. The van der Waals surface area contributed by atoms with Gasteiger partial charge in [-0.2, -0.15) is 0 Å². The van der Waals surface area contributed by atoms with Gasteiger partial charge in [-0.15, -0.1) is 0 Å². The van der Waals surface area contributed by atoms with Crippen molar-refractivity contribution in [2.75, 3.05) is 6.61 Å². The zero-order chi connectivity index (χ0) is 48.1. The lowest BCUT2D eigenvalue weighted by molar-refractivity contribution is -0.151. The smallest absolute Gasteiger partial charge is 0.306 e. The molecule has 3 unspecified atom stereocenters. The lowest BCUT2D eigenvalue weighted by atomic mass is 10.0. The molecule has 0 saturated heterocycles. The summed E-state index contributed by atoms with van der Waals surface area (Å²) in [6.45, 7) is 6.33. The van der Waals surface area contributed by atoms with E-state index in [0.29, 0.717) is 19.3 Å². The Labute approximate surface area is 408 Å². The second-order valence-electron chi connectivity index (χ2n) is 18.8. The molecule has 0 aliphatic carbocycles. The molecular weight excluding hydrogens is 815 g/mol. The van der Waals surface area contributed by atoms with Crippen molar-refractivity contribution in [2.45, 2.75) is 277 Å². The van der Waals surface area contributed by atoms with E-state index in [-0.39, 0.29) is 24.9 Å². The molecule has 6 heteroatoms. The molecule has 0 aliphatic rings.